The first-order valence-electron chi connectivity index (χ1n) is 12.7. The molecule has 206 valence electrons. The molecule has 4 aromatic rings. The average molecular weight is 566 g/mol. The van der Waals surface area contributed by atoms with Crippen LogP contribution in [0.4, 0.5) is 10.2 Å². The van der Waals surface area contributed by atoms with E-state index < -0.39 is 11.5 Å². The third kappa shape index (κ3) is 3.89. The molecule has 11 nitrogen and oxygen atoms in total. The number of aromatic hydroxyl groups is 1. The maximum absolute atomic E-state index is 15.1. The van der Waals surface area contributed by atoms with Gasteiger partial charge in [-0.25, -0.2) is 23.7 Å². The van der Waals surface area contributed by atoms with Gasteiger partial charge in [0.15, 0.2) is 11.4 Å². The van der Waals surface area contributed by atoms with E-state index in [1.807, 2.05) is 18.7 Å². The Labute approximate surface area is 232 Å². The second-order valence-corrected chi connectivity index (χ2v) is 10.2. The molecule has 0 aliphatic carbocycles. The van der Waals surface area contributed by atoms with Gasteiger partial charge < -0.3 is 24.2 Å². The minimum atomic E-state index is -0.752. The Bertz CT molecular complexity index is 1730. The fraction of sp³-hybridized carbons (Fsp3) is 0.296. The van der Waals surface area contributed by atoms with Crippen LogP contribution in [0.15, 0.2) is 48.0 Å². The second kappa shape index (κ2) is 9.63. The monoisotopic (exact) mass is 565 g/mol. The van der Waals surface area contributed by atoms with Crippen LogP contribution in [0.25, 0.3) is 28.2 Å². The number of phenols is 1. The van der Waals surface area contributed by atoms with Gasteiger partial charge in [0.1, 0.15) is 40.1 Å². The number of benzene rings is 1. The number of amides is 1. The van der Waals surface area contributed by atoms with E-state index in [9.17, 15) is 14.7 Å². The van der Waals surface area contributed by atoms with Crippen LogP contribution in [0.1, 0.15) is 19.9 Å². The molecular weight excluding hydrogens is 541 g/mol. The van der Waals surface area contributed by atoms with E-state index in [1.54, 1.807) is 21.9 Å². The van der Waals surface area contributed by atoms with Crippen LogP contribution in [-0.4, -0.2) is 72.3 Å². The van der Waals surface area contributed by atoms with Crippen molar-refractivity contribution in [2.45, 2.75) is 25.9 Å². The molecule has 13 heteroatoms. The molecule has 40 heavy (non-hydrogen) atoms. The first-order valence-corrected chi connectivity index (χ1v) is 13.1. The molecule has 1 atom stereocenters. The van der Waals surface area contributed by atoms with Gasteiger partial charge in [-0.1, -0.05) is 24.2 Å². The number of nitrogens with zero attached hydrogens (tertiary/aromatic N) is 7. The molecule has 1 fully saturated rings. The van der Waals surface area contributed by atoms with E-state index in [2.05, 4.69) is 21.5 Å². The third-order valence-electron chi connectivity index (χ3n) is 7.20. The van der Waals surface area contributed by atoms with Crippen LogP contribution in [0, 0.1) is 5.82 Å². The molecule has 6 rings (SSSR count). The summed E-state index contributed by atoms with van der Waals surface area (Å²) < 4.78 is 24.4. The lowest BCUT2D eigenvalue weighted by Crippen LogP contribution is -2.56. The largest absolute Gasteiger partial charge is 0.507 e. The first-order chi connectivity index (χ1) is 19.2. The van der Waals surface area contributed by atoms with Crippen molar-refractivity contribution in [3.63, 3.8) is 0 Å². The molecule has 0 spiro atoms. The lowest BCUT2D eigenvalue weighted by molar-refractivity contribution is -0.126. The number of pyridine rings is 1. The number of fused-ring (bicyclic) bond motifs is 2. The van der Waals surface area contributed by atoms with E-state index in [4.69, 9.17) is 16.3 Å². The maximum Gasteiger partial charge on any atom is 0.358 e. The van der Waals surface area contributed by atoms with Crippen molar-refractivity contribution in [2.24, 2.45) is 0 Å². The van der Waals surface area contributed by atoms with E-state index in [-0.39, 0.29) is 64.0 Å². The highest BCUT2D eigenvalue weighted by molar-refractivity contribution is 6.36. The Morgan fingerprint density at radius 2 is 2.10 bits per heavy atom. The van der Waals surface area contributed by atoms with E-state index >= 15 is 4.39 Å². The number of phenolic OH excluding ortho intramolecular Hbond substituents is 1. The molecule has 0 bridgehead atoms. The molecule has 1 amide bonds. The summed E-state index contributed by atoms with van der Waals surface area (Å²) >= 11 is 6.84. The zero-order valence-corrected chi connectivity index (χ0v) is 22.5. The molecule has 2 aliphatic heterocycles. The molecule has 0 saturated carbocycles. The number of aromatic nitrogens is 5. The molecule has 1 N–H and O–H groups in total. The minimum Gasteiger partial charge on any atom is -0.507 e. The highest BCUT2D eigenvalue weighted by Gasteiger charge is 2.37. The standard InChI is InChI=1S/C27H25ClFN7O4/c1-4-18(38)33-10-11-35-15(12-33)13-40-23-20-24(35)32-27(39)36(26-30-8-9-34(26)14(2)3)25(20)31-22(21(23)28)19-16(29)6-5-7-17(19)37/h4-9,14-15,37H,1,10-13H2,2-3H3/t15-/m1/s1. The van der Waals surface area contributed by atoms with Crippen LogP contribution in [0.2, 0.25) is 5.02 Å². The predicted molar refractivity (Wildman–Crippen MR) is 147 cm³/mol. The number of imidazole rings is 1. The average Bonchev–Trinajstić information content (AvgIpc) is 3.35. The van der Waals surface area contributed by atoms with Crippen molar-refractivity contribution in [1.82, 2.24) is 29.0 Å². The van der Waals surface area contributed by atoms with Gasteiger partial charge in [-0.2, -0.15) is 4.98 Å². The van der Waals surface area contributed by atoms with Crippen LogP contribution in [0.5, 0.6) is 11.5 Å². The lowest BCUT2D eigenvalue weighted by atomic mass is 10.1. The van der Waals surface area contributed by atoms with Crippen LogP contribution in [-0.2, 0) is 4.79 Å². The van der Waals surface area contributed by atoms with Crippen molar-refractivity contribution in [1.29, 1.82) is 0 Å². The van der Waals surface area contributed by atoms with Crippen molar-refractivity contribution >= 4 is 34.4 Å². The lowest BCUT2D eigenvalue weighted by Gasteiger charge is -2.40. The predicted octanol–water partition coefficient (Wildman–Crippen LogP) is 3.32. The van der Waals surface area contributed by atoms with Gasteiger partial charge >= 0.3 is 5.69 Å². The van der Waals surface area contributed by atoms with Gasteiger partial charge in [-0.3, -0.25) is 4.79 Å². The van der Waals surface area contributed by atoms with Crippen molar-refractivity contribution in [3.8, 4) is 28.7 Å². The van der Waals surface area contributed by atoms with E-state index in [1.165, 1.54) is 28.8 Å². The number of hydrogen-bond acceptors (Lipinski definition) is 8. The summed E-state index contributed by atoms with van der Waals surface area (Å²) in [6.45, 7) is 8.58. The Hall–Kier alpha value is -4.45. The topological polar surface area (TPSA) is 119 Å². The number of hydrogen-bond donors (Lipinski definition) is 1. The molecule has 1 saturated heterocycles. The quantitative estimate of drug-likeness (QED) is 0.374. The number of anilines is 1. The van der Waals surface area contributed by atoms with Gasteiger partial charge in [0.05, 0.1) is 11.6 Å². The molecule has 0 unspecified atom stereocenters. The van der Waals surface area contributed by atoms with Crippen LogP contribution in [0.3, 0.4) is 0 Å². The van der Waals surface area contributed by atoms with Gasteiger partial charge in [0, 0.05) is 38.1 Å². The summed E-state index contributed by atoms with van der Waals surface area (Å²) in [6.07, 6.45) is 4.54. The van der Waals surface area contributed by atoms with E-state index in [0.29, 0.717) is 30.8 Å². The number of carbonyl (C=O) groups excluding carboxylic acids is 1. The Kier molecular flexibility index (Phi) is 6.21. The van der Waals surface area contributed by atoms with Crippen molar-refractivity contribution in [3.05, 3.63) is 64.6 Å². The summed E-state index contributed by atoms with van der Waals surface area (Å²) in [4.78, 5) is 43.2. The third-order valence-corrected chi connectivity index (χ3v) is 7.55. The van der Waals surface area contributed by atoms with Crippen molar-refractivity contribution < 1.29 is 19.0 Å². The summed E-state index contributed by atoms with van der Waals surface area (Å²) in [5, 5.41) is 10.9. The number of piperazine rings is 1. The zero-order chi connectivity index (χ0) is 28.3. The molecule has 3 aromatic heterocycles. The van der Waals surface area contributed by atoms with Crippen molar-refractivity contribution in [2.75, 3.05) is 31.1 Å². The van der Waals surface area contributed by atoms with Gasteiger partial charge in [0.2, 0.25) is 11.9 Å². The van der Waals surface area contributed by atoms with E-state index in [0.717, 1.165) is 0 Å². The SMILES string of the molecule is C=CC(=O)N1CCN2c3nc(=O)n(-c4nccn4C(C)C)c4nc(-c5c(O)cccc5F)c(Cl)c(c34)OC[C@H]2C1. The van der Waals surface area contributed by atoms with Gasteiger partial charge in [-0.15, -0.1) is 0 Å². The summed E-state index contributed by atoms with van der Waals surface area (Å²) in [5.41, 5.74) is -0.907. The maximum atomic E-state index is 15.1. The highest BCUT2D eigenvalue weighted by atomic mass is 35.5. The second-order valence-electron chi connectivity index (χ2n) is 9.86. The Balaban J connectivity index is 1.68. The van der Waals surface area contributed by atoms with Crippen LogP contribution < -0.4 is 15.3 Å². The molecule has 1 aromatic carbocycles. The normalized spacial score (nSPS) is 16.6. The van der Waals surface area contributed by atoms with Gasteiger partial charge in [-0.05, 0) is 32.1 Å². The number of carbonyl (C=O) groups is 1. The molecular formula is C27H25ClFN7O4. The summed E-state index contributed by atoms with van der Waals surface area (Å²) in [5.74, 6) is -0.659. The first kappa shape index (κ1) is 25.8. The Morgan fingerprint density at radius 1 is 1.30 bits per heavy atom. The summed E-state index contributed by atoms with van der Waals surface area (Å²) in [7, 11) is 0. The van der Waals surface area contributed by atoms with Gasteiger partial charge in [0.25, 0.3) is 0 Å². The molecule has 0 radical (unpaired) electrons. The number of rotatable bonds is 4. The smallest absolute Gasteiger partial charge is 0.358 e. The molecule has 2 aliphatic rings. The fourth-order valence-electron chi connectivity index (χ4n) is 5.28. The number of halogens is 2. The highest BCUT2D eigenvalue weighted by Crippen LogP contribution is 2.46. The Morgan fingerprint density at radius 3 is 2.83 bits per heavy atom. The number of ether oxygens (including phenoxy) is 1. The minimum absolute atomic E-state index is 0.0489. The fourth-order valence-corrected chi connectivity index (χ4v) is 5.57. The zero-order valence-electron chi connectivity index (χ0n) is 21.7. The van der Waals surface area contributed by atoms with Crippen LogP contribution >= 0.6 is 11.6 Å². The molecule has 5 heterocycles. The summed E-state index contributed by atoms with van der Waals surface area (Å²) in [6, 6.07) is 3.43.